The number of pyridine rings is 1. The molecule has 0 radical (unpaired) electrons. The molecule has 0 aliphatic rings. The number of hydrogen-bond acceptors (Lipinski definition) is 6. The number of aliphatic hydroxyl groups is 1. The van der Waals surface area contributed by atoms with Gasteiger partial charge >= 0.3 is 0 Å². The largest absolute Gasteiger partial charge is 0.395 e. The first-order chi connectivity index (χ1) is 13.1. The van der Waals surface area contributed by atoms with Crippen LogP contribution >= 0.6 is 0 Å². The van der Waals surface area contributed by atoms with E-state index in [1.54, 1.807) is 29.0 Å². The average molecular weight is 366 g/mol. The molecule has 3 N–H and O–H groups in total. The predicted molar refractivity (Wildman–Crippen MR) is 97.8 cm³/mol. The Morgan fingerprint density at radius 1 is 1.19 bits per heavy atom. The molecule has 0 atom stereocenters. The first kappa shape index (κ1) is 16.9. The highest BCUT2D eigenvalue weighted by Gasteiger charge is 2.18. The molecule has 3 aromatic heterocycles. The zero-order valence-electron chi connectivity index (χ0n) is 14.1. The van der Waals surface area contributed by atoms with Gasteiger partial charge in [0.25, 0.3) is 5.56 Å². The third kappa shape index (κ3) is 2.93. The highest BCUT2D eigenvalue weighted by Crippen LogP contribution is 2.29. The Morgan fingerprint density at radius 3 is 2.81 bits per heavy atom. The SMILES string of the molecule is Nc1ncnc2c1nc(-c1cccc(F)c1)n2-c1ccc(=O)n(CCO)c1. The number of rotatable bonds is 4. The summed E-state index contributed by atoms with van der Waals surface area (Å²) < 4.78 is 16.8. The first-order valence-corrected chi connectivity index (χ1v) is 8.15. The number of nitrogen functional groups attached to an aromatic ring is 1. The molecule has 4 aromatic rings. The lowest BCUT2D eigenvalue weighted by atomic mass is 10.2. The molecule has 0 saturated heterocycles. The first-order valence-electron chi connectivity index (χ1n) is 8.15. The Labute approximate surface area is 152 Å². The fourth-order valence-corrected chi connectivity index (χ4v) is 2.91. The zero-order valence-corrected chi connectivity index (χ0v) is 14.1. The van der Waals surface area contributed by atoms with Gasteiger partial charge in [-0.1, -0.05) is 12.1 Å². The van der Waals surface area contributed by atoms with E-state index >= 15 is 0 Å². The van der Waals surface area contributed by atoms with Crippen molar-refractivity contribution in [1.82, 2.24) is 24.1 Å². The van der Waals surface area contributed by atoms with Crippen LogP contribution < -0.4 is 11.3 Å². The Bertz CT molecular complexity index is 1200. The fourth-order valence-electron chi connectivity index (χ4n) is 2.91. The van der Waals surface area contributed by atoms with Gasteiger partial charge in [0.2, 0.25) is 0 Å². The molecule has 136 valence electrons. The third-order valence-electron chi connectivity index (χ3n) is 4.12. The summed E-state index contributed by atoms with van der Waals surface area (Å²) in [6.07, 6.45) is 2.90. The third-order valence-corrected chi connectivity index (χ3v) is 4.12. The van der Waals surface area contributed by atoms with Crippen LogP contribution in [0.3, 0.4) is 0 Å². The van der Waals surface area contributed by atoms with E-state index in [9.17, 15) is 14.3 Å². The number of fused-ring (bicyclic) bond motifs is 1. The van der Waals surface area contributed by atoms with Crippen molar-refractivity contribution in [3.05, 3.63) is 65.1 Å². The van der Waals surface area contributed by atoms with Crippen molar-refractivity contribution in [3.63, 3.8) is 0 Å². The van der Waals surface area contributed by atoms with Crippen LogP contribution in [0.4, 0.5) is 10.2 Å². The van der Waals surface area contributed by atoms with Crippen LogP contribution in [0.15, 0.2) is 53.7 Å². The van der Waals surface area contributed by atoms with Crippen LogP contribution in [0.1, 0.15) is 0 Å². The van der Waals surface area contributed by atoms with Crippen LogP contribution in [0, 0.1) is 5.82 Å². The van der Waals surface area contributed by atoms with Gasteiger partial charge in [0.15, 0.2) is 17.0 Å². The molecular formula is C18H15FN6O2. The van der Waals surface area contributed by atoms with Gasteiger partial charge < -0.3 is 15.4 Å². The quantitative estimate of drug-likeness (QED) is 0.564. The van der Waals surface area contributed by atoms with E-state index in [4.69, 9.17) is 5.73 Å². The summed E-state index contributed by atoms with van der Waals surface area (Å²) in [6.45, 7) is -0.0361. The number of nitrogens with zero attached hydrogens (tertiary/aromatic N) is 5. The van der Waals surface area contributed by atoms with Gasteiger partial charge in [-0.05, 0) is 18.2 Å². The van der Waals surface area contributed by atoms with Crippen molar-refractivity contribution < 1.29 is 9.50 Å². The molecule has 0 amide bonds. The van der Waals surface area contributed by atoms with Crippen molar-refractivity contribution in [1.29, 1.82) is 0 Å². The Hall–Kier alpha value is -3.59. The fraction of sp³-hybridized carbons (Fsp3) is 0.111. The summed E-state index contributed by atoms with van der Waals surface area (Å²) in [5.41, 5.74) is 7.58. The molecule has 0 aliphatic heterocycles. The van der Waals surface area contributed by atoms with Crippen LogP contribution in [-0.2, 0) is 6.54 Å². The Kier molecular flexibility index (Phi) is 4.13. The molecule has 0 saturated carbocycles. The number of aliphatic hydroxyl groups excluding tert-OH is 1. The number of benzene rings is 1. The highest BCUT2D eigenvalue weighted by atomic mass is 19.1. The molecule has 0 spiro atoms. The van der Waals surface area contributed by atoms with Crippen molar-refractivity contribution >= 4 is 17.0 Å². The maximum atomic E-state index is 13.8. The molecule has 3 heterocycles. The van der Waals surface area contributed by atoms with E-state index in [0.717, 1.165) is 0 Å². The monoisotopic (exact) mass is 366 g/mol. The van der Waals surface area contributed by atoms with Gasteiger partial charge in [-0.3, -0.25) is 9.36 Å². The van der Waals surface area contributed by atoms with Gasteiger partial charge in [-0.2, -0.15) is 0 Å². The minimum atomic E-state index is -0.407. The number of hydrogen-bond donors (Lipinski definition) is 2. The van der Waals surface area contributed by atoms with E-state index in [1.165, 1.54) is 29.1 Å². The van der Waals surface area contributed by atoms with Crippen LogP contribution in [-0.4, -0.2) is 35.8 Å². The van der Waals surface area contributed by atoms with Crippen LogP contribution in [0.2, 0.25) is 0 Å². The predicted octanol–water partition coefficient (Wildman–Crippen LogP) is 1.36. The second-order valence-electron chi connectivity index (χ2n) is 5.85. The van der Waals surface area contributed by atoms with E-state index in [-0.39, 0.29) is 24.5 Å². The minimum Gasteiger partial charge on any atom is -0.395 e. The summed E-state index contributed by atoms with van der Waals surface area (Å²) in [4.78, 5) is 24.7. The smallest absolute Gasteiger partial charge is 0.250 e. The number of halogens is 1. The molecule has 0 bridgehead atoms. The van der Waals surface area contributed by atoms with E-state index in [2.05, 4.69) is 15.0 Å². The van der Waals surface area contributed by atoms with E-state index in [1.807, 2.05) is 0 Å². The van der Waals surface area contributed by atoms with Gasteiger partial charge in [0.1, 0.15) is 18.0 Å². The minimum absolute atomic E-state index is 0.145. The second kappa shape index (κ2) is 6.61. The number of nitrogens with two attached hydrogens (primary N) is 1. The lowest BCUT2D eigenvalue weighted by Gasteiger charge is -2.11. The van der Waals surface area contributed by atoms with Gasteiger partial charge in [-0.15, -0.1) is 0 Å². The standard InChI is InChI=1S/C18H15FN6O2/c19-12-3-1-2-11(8-12)17-23-15-16(20)21-10-22-18(15)25(17)13-4-5-14(27)24(9-13)6-7-26/h1-5,8-10,26H,6-7H2,(H2,20,21,22). The Balaban J connectivity index is 2.04. The van der Waals surface area contributed by atoms with Crippen LogP contribution in [0.5, 0.6) is 0 Å². The van der Waals surface area contributed by atoms with E-state index in [0.29, 0.717) is 28.2 Å². The normalized spacial score (nSPS) is 11.2. The summed E-state index contributed by atoms with van der Waals surface area (Å²) >= 11 is 0. The maximum Gasteiger partial charge on any atom is 0.250 e. The second-order valence-corrected chi connectivity index (χ2v) is 5.85. The van der Waals surface area contributed by atoms with Crippen molar-refractivity contribution in [2.45, 2.75) is 6.54 Å². The molecular weight excluding hydrogens is 351 g/mol. The number of imidazole rings is 1. The summed E-state index contributed by atoms with van der Waals surface area (Å²) in [6, 6.07) is 8.98. The molecule has 0 fully saturated rings. The lowest BCUT2D eigenvalue weighted by molar-refractivity contribution is 0.274. The van der Waals surface area contributed by atoms with E-state index < -0.39 is 5.82 Å². The average Bonchev–Trinajstić information content (AvgIpc) is 3.05. The van der Waals surface area contributed by atoms with Crippen LogP contribution in [0.25, 0.3) is 28.2 Å². The number of anilines is 1. The summed E-state index contributed by atoms with van der Waals surface area (Å²) in [5.74, 6) is 0.196. The maximum absolute atomic E-state index is 13.8. The van der Waals surface area contributed by atoms with Gasteiger partial charge in [0.05, 0.1) is 12.3 Å². The molecule has 0 unspecified atom stereocenters. The highest BCUT2D eigenvalue weighted by molar-refractivity contribution is 5.87. The topological polar surface area (TPSA) is 112 Å². The van der Waals surface area contributed by atoms with Gasteiger partial charge in [-0.25, -0.2) is 19.3 Å². The zero-order chi connectivity index (χ0) is 19.0. The molecule has 4 rings (SSSR count). The summed E-state index contributed by atoms with van der Waals surface area (Å²) in [7, 11) is 0. The molecule has 1 aromatic carbocycles. The Morgan fingerprint density at radius 2 is 2.04 bits per heavy atom. The summed E-state index contributed by atoms with van der Waals surface area (Å²) in [5, 5.41) is 9.18. The van der Waals surface area contributed by atoms with Crippen molar-refractivity contribution in [3.8, 4) is 17.1 Å². The van der Waals surface area contributed by atoms with Gasteiger partial charge in [0, 0.05) is 24.4 Å². The lowest BCUT2D eigenvalue weighted by Crippen LogP contribution is -2.21. The molecule has 8 nitrogen and oxygen atoms in total. The van der Waals surface area contributed by atoms with Crippen molar-refractivity contribution in [2.24, 2.45) is 0 Å². The van der Waals surface area contributed by atoms with Crippen molar-refractivity contribution in [2.75, 3.05) is 12.3 Å². The molecule has 27 heavy (non-hydrogen) atoms. The molecule has 9 heteroatoms. The number of aromatic nitrogens is 5. The molecule has 0 aliphatic carbocycles.